The summed E-state index contributed by atoms with van der Waals surface area (Å²) in [6, 6.07) is 2.79. The average Bonchev–Trinajstić information content (AvgIpc) is 2.38. The number of alkyl halides is 3. The molecule has 1 aromatic carbocycles. The monoisotopic (exact) mass is 290 g/mol. The Hall–Kier alpha value is -1.63. The van der Waals surface area contributed by atoms with Gasteiger partial charge in [0.05, 0.1) is 10.5 Å². The number of hydrogen-bond acceptors (Lipinski definition) is 3. The van der Waals surface area contributed by atoms with Gasteiger partial charge in [0, 0.05) is 18.2 Å². The molecule has 0 radical (unpaired) electrons. The van der Waals surface area contributed by atoms with Crippen LogP contribution in [0.25, 0.3) is 0 Å². The van der Waals surface area contributed by atoms with Crippen molar-refractivity contribution in [2.75, 3.05) is 7.05 Å². The van der Waals surface area contributed by atoms with E-state index in [0.717, 1.165) is 6.07 Å². The Morgan fingerprint density at radius 3 is 2.40 bits per heavy atom. The van der Waals surface area contributed by atoms with Crippen LogP contribution < -0.4 is 5.32 Å². The maximum atomic E-state index is 13.1. The third-order valence-corrected chi connectivity index (χ3v) is 3.46. The largest absolute Gasteiger partial charge is 0.416 e. The van der Waals surface area contributed by atoms with Crippen molar-refractivity contribution < 1.29 is 18.1 Å². The SMILES string of the molecule is CCC(NC)C(C)c1ccc([N+](=O)[O-])cc1C(F)(F)F. The lowest BCUT2D eigenvalue weighted by Gasteiger charge is -2.25. The fourth-order valence-corrected chi connectivity index (χ4v) is 2.32. The number of non-ortho nitro benzene ring substituents is 1. The molecule has 0 aliphatic rings. The summed E-state index contributed by atoms with van der Waals surface area (Å²) in [4.78, 5) is 9.81. The molecule has 7 heteroatoms. The van der Waals surface area contributed by atoms with Gasteiger partial charge >= 0.3 is 6.18 Å². The Labute approximate surface area is 115 Å². The minimum Gasteiger partial charge on any atom is -0.316 e. The van der Waals surface area contributed by atoms with Gasteiger partial charge in [-0.2, -0.15) is 13.2 Å². The molecule has 0 aliphatic heterocycles. The van der Waals surface area contributed by atoms with Gasteiger partial charge in [-0.3, -0.25) is 10.1 Å². The highest BCUT2D eigenvalue weighted by Gasteiger charge is 2.37. The molecule has 0 fully saturated rings. The van der Waals surface area contributed by atoms with E-state index in [1.807, 2.05) is 6.92 Å². The second-order valence-electron chi connectivity index (χ2n) is 4.62. The minimum absolute atomic E-state index is 0.0734. The molecule has 2 unspecified atom stereocenters. The third kappa shape index (κ3) is 3.47. The van der Waals surface area contributed by atoms with Gasteiger partial charge in [0.2, 0.25) is 0 Å². The predicted molar refractivity (Wildman–Crippen MR) is 69.7 cm³/mol. The summed E-state index contributed by atoms with van der Waals surface area (Å²) in [5, 5.41) is 13.6. The summed E-state index contributed by atoms with van der Waals surface area (Å²) in [5.41, 5.74) is -1.41. The summed E-state index contributed by atoms with van der Waals surface area (Å²) in [6.45, 7) is 3.55. The van der Waals surface area contributed by atoms with E-state index >= 15 is 0 Å². The molecular formula is C13H17F3N2O2. The summed E-state index contributed by atoms with van der Waals surface area (Å²) < 4.78 is 39.2. The van der Waals surface area contributed by atoms with Crippen LogP contribution in [-0.2, 0) is 6.18 Å². The average molecular weight is 290 g/mol. The van der Waals surface area contributed by atoms with Crippen LogP contribution in [0, 0.1) is 10.1 Å². The van der Waals surface area contributed by atoms with Gasteiger partial charge in [-0.1, -0.05) is 19.9 Å². The Morgan fingerprint density at radius 2 is 2.00 bits per heavy atom. The molecule has 0 aliphatic carbocycles. The first-order valence-electron chi connectivity index (χ1n) is 6.25. The van der Waals surface area contributed by atoms with Gasteiger partial charge in [-0.05, 0) is 24.9 Å². The Balaban J connectivity index is 3.35. The smallest absolute Gasteiger partial charge is 0.316 e. The number of likely N-dealkylation sites (N-methyl/N-ethyl adjacent to an activating group) is 1. The van der Waals surface area contributed by atoms with E-state index in [1.54, 1.807) is 14.0 Å². The molecule has 0 saturated carbocycles. The van der Waals surface area contributed by atoms with Gasteiger partial charge < -0.3 is 5.32 Å². The highest BCUT2D eigenvalue weighted by molar-refractivity contribution is 5.43. The summed E-state index contributed by atoms with van der Waals surface area (Å²) in [7, 11) is 1.68. The third-order valence-electron chi connectivity index (χ3n) is 3.46. The van der Waals surface area contributed by atoms with Crippen molar-refractivity contribution in [1.29, 1.82) is 0 Å². The normalized spacial score (nSPS) is 14.9. The molecule has 1 N–H and O–H groups in total. The first kappa shape index (κ1) is 16.4. The minimum atomic E-state index is -4.61. The predicted octanol–water partition coefficient (Wildman–Crippen LogP) is 3.72. The lowest BCUT2D eigenvalue weighted by molar-refractivity contribution is -0.385. The van der Waals surface area contributed by atoms with Crippen LogP contribution in [0.5, 0.6) is 0 Å². The van der Waals surface area contributed by atoms with Crippen LogP contribution in [0.1, 0.15) is 37.3 Å². The van der Waals surface area contributed by atoms with Gasteiger partial charge in [-0.25, -0.2) is 0 Å². The van der Waals surface area contributed by atoms with Gasteiger partial charge in [0.25, 0.3) is 5.69 Å². The number of nitrogens with zero attached hydrogens (tertiary/aromatic N) is 1. The van der Waals surface area contributed by atoms with Gasteiger partial charge in [0.1, 0.15) is 0 Å². The van der Waals surface area contributed by atoms with Crippen molar-refractivity contribution >= 4 is 5.69 Å². The molecular weight excluding hydrogens is 273 g/mol. The van der Waals surface area contributed by atoms with Crippen molar-refractivity contribution in [1.82, 2.24) is 5.32 Å². The second-order valence-corrected chi connectivity index (χ2v) is 4.62. The summed E-state index contributed by atoms with van der Waals surface area (Å²) >= 11 is 0. The first-order chi connectivity index (χ1) is 9.22. The molecule has 1 rings (SSSR count). The number of halogens is 3. The quantitative estimate of drug-likeness (QED) is 0.664. The van der Waals surface area contributed by atoms with E-state index in [0.29, 0.717) is 12.5 Å². The number of nitro benzene ring substituents is 1. The van der Waals surface area contributed by atoms with Crippen molar-refractivity contribution in [3.05, 3.63) is 39.4 Å². The molecule has 0 spiro atoms. The van der Waals surface area contributed by atoms with Crippen molar-refractivity contribution in [3.8, 4) is 0 Å². The zero-order valence-electron chi connectivity index (χ0n) is 11.5. The molecule has 2 atom stereocenters. The Morgan fingerprint density at radius 1 is 1.40 bits per heavy atom. The molecule has 0 aromatic heterocycles. The zero-order valence-corrected chi connectivity index (χ0v) is 11.5. The van der Waals surface area contributed by atoms with Crippen LogP contribution in [0.4, 0.5) is 18.9 Å². The number of rotatable bonds is 5. The Kier molecular flexibility index (Phi) is 5.10. The molecule has 20 heavy (non-hydrogen) atoms. The molecule has 1 aromatic rings. The van der Waals surface area contributed by atoms with E-state index in [9.17, 15) is 23.3 Å². The summed E-state index contributed by atoms with van der Waals surface area (Å²) in [5.74, 6) is -0.401. The number of hydrogen-bond donors (Lipinski definition) is 1. The van der Waals surface area contributed by atoms with Crippen LogP contribution in [0.2, 0.25) is 0 Å². The van der Waals surface area contributed by atoms with Crippen molar-refractivity contribution in [3.63, 3.8) is 0 Å². The zero-order chi connectivity index (χ0) is 15.5. The fraction of sp³-hybridized carbons (Fsp3) is 0.538. The first-order valence-corrected chi connectivity index (χ1v) is 6.25. The van der Waals surface area contributed by atoms with Gasteiger partial charge in [-0.15, -0.1) is 0 Å². The number of nitrogens with one attached hydrogen (secondary N) is 1. The second kappa shape index (κ2) is 6.21. The van der Waals surface area contributed by atoms with Crippen LogP contribution in [0.15, 0.2) is 18.2 Å². The molecule has 0 amide bonds. The molecule has 4 nitrogen and oxygen atoms in total. The lowest BCUT2D eigenvalue weighted by atomic mass is 9.88. The van der Waals surface area contributed by atoms with E-state index in [4.69, 9.17) is 0 Å². The maximum absolute atomic E-state index is 13.1. The van der Waals surface area contributed by atoms with Crippen molar-refractivity contribution in [2.45, 2.75) is 38.4 Å². The molecule has 0 saturated heterocycles. The maximum Gasteiger partial charge on any atom is 0.416 e. The topological polar surface area (TPSA) is 55.2 Å². The fourth-order valence-electron chi connectivity index (χ4n) is 2.32. The lowest BCUT2D eigenvalue weighted by Crippen LogP contribution is -2.31. The standard InChI is InChI=1S/C13H17F3N2O2/c1-4-12(17-3)8(2)10-6-5-9(18(19)20)7-11(10)13(14,15)16/h5-8,12,17H,4H2,1-3H3. The molecule has 0 heterocycles. The number of nitro groups is 1. The highest BCUT2D eigenvalue weighted by Crippen LogP contribution is 2.38. The Bertz CT molecular complexity index is 485. The van der Waals surface area contributed by atoms with Crippen LogP contribution in [0.3, 0.4) is 0 Å². The van der Waals surface area contributed by atoms with Crippen molar-refractivity contribution in [2.24, 2.45) is 0 Å². The number of benzene rings is 1. The van der Waals surface area contributed by atoms with E-state index in [1.165, 1.54) is 6.07 Å². The highest BCUT2D eigenvalue weighted by atomic mass is 19.4. The van der Waals surface area contributed by atoms with Crippen LogP contribution in [-0.4, -0.2) is 18.0 Å². The summed E-state index contributed by atoms with van der Waals surface area (Å²) in [6.07, 6.45) is -3.95. The van der Waals surface area contributed by atoms with Crippen LogP contribution >= 0.6 is 0 Å². The van der Waals surface area contributed by atoms with Gasteiger partial charge in [0.15, 0.2) is 0 Å². The van der Waals surface area contributed by atoms with E-state index in [2.05, 4.69) is 5.32 Å². The van der Waals surface area contributed by atoms with E-state index in [-0.39, 0.29) is 11.6 Å². The van der Waals surface area contributed by atoms with E-state index < -0.39 is 28.3 Å². The molecule has 0 bridgehead atoms. The molecule has 112 valence electrons.